The van der Waals surface area contributed by atoms with Crippen LogP contribution in [0.5, 0.6) is 17.4 Å². The number of benzene rings is 3. The number of ether oxygens (including phenoxy) is 1. The predicted molar refractivity (Wildman–Crippen MR) is 134 cm³/mol. The Labute approximate surface area is 195 Å². The Kier molecular flexibility index (Phi) is 4.55. The third-order valence-corrected chi connectivity index (χ3v) is 5.89. The Balaban J connectivity index is 1.48. The van der Waals surface area contributed by atoms with Gasteiger partial charge in [0, 0.05) is 60.5 Å². The van der Waals surface area contributed by atoms with Gasteiger partial charge in [-0.2, -0.15) is 0 Å². The van der Waals surface area contributed by atoms with E-state index in [-0.39, 0.29) is 5.75 Å². The number of pyridine rings is 1. The number of aromatic nitrogens is 4. The number of para-hydroxylation sites is 1. The molecule has 1 N–H and O–H groups in total. The molecule has 3 aromatic carbocycles. The van der Waals surface area contributed by atoms with Crippen LogP contribution in [0.3, 0.4) is 0 Å². The summed E-state index contributed by atoms with van der Waals surface area (Å²) in [5.41, 5.74) is 3.42. The van der Waals surface area contributed by atoms with Crippen LogP contribution in [0.4, 0.5) is 5.69 Å². The molecule has 0 radical (unpaired) electrons. The van der Waals surface area contributed by atoms with Crippen LogP contribution < -0.4 is 9.64 Å². The van der Waals surface area contributed by atoms with E-state index in [2.05, 4.69) is 27.1 Å². The van der Waals surface area contributed by atoms with Crippen molar-refractivity contribution in [3.8, 4) is 23.3 Å². The van der Waals surface area contributed by atoms with Crippen molar-refractivity contribution in [2.75, 3.05) is 19.0 Å². The fourth-order valence-electron chi connectivity index (χ4n) is 4.37. The summed E-state index contributed by atoms with van der Waals surface area (Å²) in [4.78, 5) is 15.5. The van der Waals surface area contributed by atoms with Gasteiger partial charge in [0.15, 0.2) is 0 Å². The van der Waals surface area contributed by atoms with Crippen LogP contribution in [0.25, 0.3) is 38.7 Å². The third kappa shape index (κ3) is 3.17. The van der Waals surface area contributed by atoms with E-state index in [1.165, 1.54) is 0 Å². The molecule has 3 aromatic heterocycles. The average molecular weight is 447 g/mol. The first-order valence-electron chi connectivity index (χ1n) is 10.9. The van der Waals surface area contributed by atoms with Crippen LogP contribution in [0, 0.1) is 0 Å². The molecule has 0 saturated heterocycles. The molecular formula is C27H21N5O2. The fourth-order valence-corrected chi connectivity index (χ4v) is 4.37. The summed E-state index contributed by atoms with van der Waals surface area (Å²) >= 11 is 0. The first-order valence-corrected chi connectivity index (χ1v) is 10.9. The largest absolute Gasteiger partial charge is 0.506 e. The van der Waals surface area contributed by atoms with Crippen molar-refractivity contribution in [2.24, 2.45) is 0 Å². The molecule has 7 heteroatoms. The molecule has 0 aliphatic carbocycles. The Bertz CT molecular complexity index is 1680. The maximum atomic E-state index is 10.4. The lowest BCUT2D eigenvalue weighted by Gasteiger charge is -2.16. The van der Waals surface area contributed by atoms with Crippen molar-refractivity contribution in [3.63, 3.8) is 0 Å². The number of phenolic OH excluding ortho intramolecular Hbond substituents is 1. The molecule has 166 valence electrons. The van der Waals surface area contributed by atoms with Gasteiger partial charge in [-0.25, -0.2) is 15.0 Å². The highest BCUT2D eigenvalue weighted by Crippen LogP contribution is 2.36. The summed E-state index contributed by atoms with van der Waals surface area (Å²) in [7, 11) is 3.92. The van der Waals surface area contributed by atoms with Crippen LogP contribution in [0.1, 0.15) is 0 Å². The number of rotatable bonds is 4. The Morgan fingerprint density at radius 3 is 2.38 bits per heavy atom. The number of hydrogen-bond donors (Lipinski definition) is 1. The summed E-state index contributed by atoms with van der Waals surface area (Å²) in [5, 5.41) is 13.4. The molecule has 6 aromatic rings. The second kappa shape index (κ2) is 7.74. The van der Waals surface area contributed by atoms with Gasteiger partial charge in [0.25, 0.3) is 0 Å². The number of aromatic hydroxyl groups is 1. The smallest absolute Gasteiger partial charge is 0.234 e. The molecule has 0 aliphatic rings. The first-order chi connectivity index (χ1) is 16.6. The second-order valence-corrected chi connectivity index (χ2v) is 8.23. The van der Waals surface area contributed by atoms with Crippen LogP contribution in [-0.2, 0) is 0 Å². The second-order valence-electron chi connectivity index (χ2n) is 8.23. The van der Waals surface area contributed by atoms with Crippen molar-refractivity contribution in [2.45, 2.75) is 0 Å². The van der Waals surface area contributed by atoms with Gasteiger partial charge in [-0.15, -0.1) is 0 Å². The maximum absolute atomic E-state index is 10.4. The highest BCUT2D eigenvalue weighted by Gasteiger charge is 2.15. The first kappa shape index (κ1) is 20.0. The van der Waals surface area contributed by atoms with Crippen molar-refractivity contribution >= 4 is 38.4 Å². The van der Waals surface area contributed by atoms with Crippen molar-refractivity contribution in [1.82, 2.24) is 19.5 Å². The van der Waals surface area contributed by atoms with Crippen molar-refractivity contribution in [1.29, 1.82) is 0 Å². The highest BCUT2D eigenvalue weighted by molar-refractivity contribution is 6.09. The van der Waals surface area contributed by atoms with E-state index in [9.17, 15) is 5.11 Å². The minimum atomic E-state index is 0.114. The zero-order valence-corrected chi connectivity index (χ0v) is 18.7. The van der Waals surface area contributed by atoms with Gasteiger partial charge < -0.3 is 14.7 Å². The minimum absolute atomic E-state index is 0.114. The standard InChI is InChI=1S/C27H21N5O2/c1-31(2)21-11-12-24(33)26-20(21)10-13-25(30-26)34-17-8-9-19-18-6-3-4-7-22(18)32(23(19)16-17)27-28-14-5-15-29-27/h3-16,33H,1-2H3. The summed E-state index contributed by atoms with van der Waals surface area (Å²) in [5.74, 6) is 1.73. The monoisotopic (exact) mass is 447 g/mol. The van der Waals surface area contributed by atoms with E-state index < -0.39 is 0 Å². The number of phenols is 1. The molecule has 3 heterocycles. The Hall–Kier alpha value is -4.65. The van der Waals surface area contributed by atoms with Crippen molar-refractivity contribution < 1.29 is 9.84 Å². The summed E-state index contributed by atoms with van der Waals surface area (Å²) < 4.78 is 8.18. The van der Waals surface area contributed by atoms with E-state index in [4.69, 9.17) is 4.74 Å². The normalized spacial score (nSPS) is 11.4. The summed E-state index contributed by atoms with van der Waals surface area (Å²) in [6, 6.07) is 23.2. The zero-order chi connectivity index (χ0) is 23.2. The minimum Gasteiger partial charge on any atom is -0.506 e. The molecule has 34 heavy (non-hydrogen) atoms. The van der Waals surface area contributed by atoms with E-state index in [0.717, 1.165) is 32.9 Å². The Morgan fingerprint density at radius 1 is 0.794 bits per heavy atom. The average Bonchev–Trinajstić information content (AvgIpc) is 3.18. The topological polar surface area (TPSA) is 76.3 Å². The van der Waals surface area contributed by atoms with Gasteiger partial charge in [0.2, 0.25) is 11.8 Å². The van der Waals surface area contributed by atoms with E-state index in [1.807, 2.05) is 72.1 Å². The molecular weight excluding hydrogens is 426 g/mol. The van der Waals surface area contributed by atoms with Crippen molar-refractivity contribution in [3.05, 3.63) is 85.2 Å². The van der Waals surface area contributed by atoms with E-state index >= 15 is 0 Å². The lowest BCUT2D eigenvalue weighted by atomic mass is 10.1. The zero-order valence-electron chi connectivity index (χ0n) is 18.7. The van der Waals surface area contributed by atoms with Crippen LogP contribution in [0.2, 0.25) is 0 Å². The van der Waals surface area contributed by atoms with Crippen LogP contribution in [0.15, 0.2) is 85.2 Å². The number of hydrogen-bond acceptors (Lipinski definition) is 6. The molecule has 0 bridgehead atoms. The number of nitrogens with zero attached hydrogens (tertiary/aromatic N) is 5. The molecule has 0 aliphatic heterocycles. The molecule has 0 amide bonds. The number of fused-ring (bicyclic) bond motifs is 4. The highest BCUT2D eigenvalue weighted by atomic mass is 16.5. The molecule has 0 atom stereocenters. The lowest BCUT2D eigenvalue weighted by Crippen LogP contribution is -2.09. The lowest BCUT2D eigenvalue weighted by molar-refractivity contribution is 0.460. The van der Waals surface area contributed by atoms with Gasteiger partial charge >= 0.3 is 0 Å². The molecule has 6 rings (SSSR count). The quantitative estimate of drug-likeness (QED) is 0.374. The fraction of sp³-hybridized carbons (Fsp3) is 0.0741. The molecule has 0 unspecified atom stereocenters. The van der Waals surface area contributed by atoms with Gasteiger partial charge in [0.1, 0.15) is 17.0 Å². The SMILES string of the molecule is CN(C)c1ccc(O)c2nc(Oc3ccc4c5ccccc5n(-c5ncccn5)c4c3)ccc12. The van der Waals surface area contributed by atoms with Crippen LogP contribution in [-0.4, -0.2) is 38.7 Å². The molecule has 7 nitrogen and oxygen atoms in total. The maximum Gasteiger partial charge on any atom is 0.234 e. The van der Waals surface area contributed by atoms with Gasteiger partial charge in [0.05, 0.1) is 11.0 Å². The third-order valence-electron chi connectivity index (χ3n) is 5.89. The summed E-state index contributed by atoms with van der Waals surface area (Å²) in [6.07, 6.45) is 3.47. The summed E-state index contributed by atoms with van der Waals surface area (Å²) in [6.45, 7) is 0. The number of anilines is 1. The van der Waals surface area contributed by atoms with Crippen LogP contribution >= 0.6 is 0 Å². The molecule has 0 saturated carbocycles. The molecule has 0 spiro atoms. The van der Waals surface area contributed by atoms with E-state index in [0.29, 0.717) is 23.1 Å². The predicted octanol–water partition coefficient (Wildman–Crippen LogP) is 5.69. The van der Waals surface area contributed by atoms with Gasteiger partial charge in [-0.05, 0) is 42.5 Å². The van der Waals surface area contributed by atoms with Gasteiger partial charge in [-0.3, -0.25) is 4.57 Å². The van der Waals surface area contributed by atoms with Gasteiger partial charge in [-0.1, -0.05) is 18.2 Å². The van der Waals surface area contributed by atoms with E-state index in [1.54, 1.807) is 24.5 Å². The molecule has 0 fully saturated rings. The Morgan fingerprint density at radius 2 is 1.56 bits per heavy atom.